The van der Waals surface area contributed by atoms with E-state index in [0.717, 1.165) is 5.56 Å². The summed E-state index contributed by atoms with van der Waals surface area (Å²) in [6.45, 7) is 5.49. The second kappa shape index (κ2) is 9.85. The van der Waals surface area contributed by atoms with Crippen LogP contribution in [0.15, 0.2) is 48.5 Å². The van der Waals surface area contributed by atoms with Crippen molar-refractivity contribution in [2.24, 2.45) is 17.6 Å². The molecule has 2 atom stereocenters. The number of amides is 2. The van der Waals surface area contributed by atoms with Gasteiger partial charge in [-0.15, -0.1) is 0 Å². The molecule has 0 saturated heterocycles. The lowest BCUT2D eigenvalue weighted by Crippen LogP contribution is -2.24. The van der Waals surface area contributed by atoms with Gasteiger partial charge in [0.15, 0.2) is 0 Å². The van der Waals surface area contributed by atoms with Gasteiger partial charge in [0, 0.05) is 23.4 Å². The van der Waals surface area contributed by atoms with Gasteiger partial charge in [-0.05, 0) is 75.6 Å². The SMILES string of the molecule is CC(C)(C)OC(=O)CCc1cccc(NC(=O)C2CC2C(=O)Nc2ccc(C(=N)N)cc2)c1. The van der Waals surface area contributed by atoms with Crippen LogP contribution in [0.3, 0.4) is 0 Å². The molecular formula is C25H30N4O4. The number of amidine groups is 1. The molecule has 8 nitrogen and oxygen atoms in total. The molecule has 0 spiro atoms. The molecule has 0 heterocycles. The highest BCUT2D eigenvalue weighted by atomic mass is 16.6. The van der Waals surface area contributed by atoms with E-state index in [1.54, 1.807) is 30.3 Å². The van der Waals surface area contributed by atoms with Crippen molar-refractivity contribution in [1.29, 1.82) is 5.41 Å². The Morgan fingerprint density at radius 1 is 1.00 bits per heavy atom. The predicted octanol–water partition coefficient (Wildman–Crippen LogP) is 3.46. The van der Waals surface area contributed by atoms with Gasteiger partial charge in [-0.25, -0.2) is 0 Å². The number of rotatable bonds is 8. The van der Waals surface area contributed by atoms with Crippen LogP contribution >= 0.6 is 0 Å². The third-order valence-electron chi connectivity index (χ3n) is 5.16. The van der Waals surface area contributed by atoms with Gasteiger partial charge in [0.25, 0.3) is 0 Å². The molecule has 0 bridgehead atoms. The Labute approximate surface area is 193 Å². The molecular weight excluding hydrogens is 420 g/mol. The maximum absolute atomic E-state index is 12.6. The van der Waals surface area contributed by atoms with Crippen LogP contribution in [-0.2, 0) is 25.5 Å². The van der Waals surface area contributed by atoms with E-state index in [1.807, 2.05) is 39.0 Å². The fourth-order valence-corrected chi connectivity index (χ4v) is 3.42. The molecule has 2 unspecified atom stereocenters. The summed E-state index contributed by atoms with van der Waals surface area (Å²) in [4.78, 5) is 37.0. The minimum Gasteiger partial charge on any atom is -0.460 e. The molecule has 1 saturated carbocycles. The first-order chi connectivity index (χ1) is 15.5. The average molecular weight is 451 g/mol. The number of benzene rings is 2. The number of nitrogens with two attached hydrogens (primary N) is 1. The van der Waals surface area contributed by atoms with E-state index in [1.165, 1.54) is 0 Å². The Kier molecular flexibility index (Phi) is 7.16. The van der Waals surface area contributed by atoms with Crippen molar-refractivity contribution >= 4 is 35.0 Å². The van der Waals surface area contributed by atoms with E-state index in [2.05, 4.69) is 10.6 Å². The van der Waals surface area contributed by atoms with E-state index in [-0.39, 0.29) is 41.9 Å². The summed E-state index contributed by atoms with van der Waals surface area (Å²) in [6, 6.07) is 14.0. The predicted molar refractivity (Wildman–Crippen MR) is 127 cm³/mol. The van der Waals surface area contributed by atoms with Gasteiger partial charge < -0.3 is 21.1 Å². The monoisotopic (exact) mass is 450 g/mol. The summed E-state index contributed by atoms with van der Waals surface area (Å²) in [7, 11) is 0. The number of carbonyl (C=O) groups is 3. The standard InChI is InChI=1S/C25H30N4O4/c1-25(2,3)33-21(30)12-7-15-5-4-6-18(13-15)29-24(32)20-14-19(20)23(31)28-17-10-8-16(9-11-17)22(26)27/h4-6,8-11,13,19-20H,7,12,14H2,1-3H3,(H3,26,27)(H,28,31)(H,29,32). The maximum atomic E-state index is 12.6. The van der Waals surface area contributed by atoms with Crippen molar-refractivity contribution < 1.29 is 19.1 Å². The molecule has 33 heavy (non-hydrogen) atoms. The fourth-order valence-electron chi connectivity index (χ4n) is 3.42. The van der Waals surface area contributed by atoms with Crippen molar-refractivity contribution in [3.05, 3.63) is 59.7 Å². The summed E-state index contributed by atoms with van der Waals surface area (Å²) in [5, 5.41) is 13.1. The minimum atomic E-state index is -0.516. The quantitative estimate of drug-likeness (QED) is 0.278. The topological polar surface area (TPSA) is 134 Å². The summed E-state index contributed by atoms with van der Waals surface area (Å²) in [5.41, 5.74) is 7.63. The van der Waals surface area contributed by atoms with Gasteiger partial charge in [-0.1, -0.05) is 12.1 Å². The Balaban J connectivity index is 1.49. The van der Waals surface area contributed by atoms with Crippen molar-refractivity contribution in [3.8, 4) is 0 Å². The molecule has 2 aromatic rings. The number of ether oxygens (including phenoxy) is 1. The van der Waals surface area contributed by atoms with Crippen LogP contribution in [0.5, 0.6) is 0 Å². The summed E-state index contributed by atoms with van der Waals surface area (Å²) in [5.74, 6) is -1.48. The van der Waals surface area contributed by atoms with Gasteiger partial charge in [-0.2, -0.15) is 0 Å². The number of hydrogen-bond acceptors (Lipinski definition) is 5. The van der Waals surface area contributed by atoms with E-state index in [9.17, 15) is 14.4 Å². The number of carbonyl (C=O) groups excluding carboxylic acids is 3. The van der Waals surface area contributed by atoms with Crippen LogP contribution in [0, 0.1) is 17.2 Å². The Morgan fingerprint density at radius 2 is 1.61 bits per heavy atom. The number of hydrogen-bond donors (Lipinski definition) is 4. The number of nitrogen functional groups attached to an aromatic ring is 1. The Morgan fingerprint density at radius 3 is 2.18 bits per heavy atom. The third kappa shape index (κ3) is 7.17. The molecule has 0 aromatic heterocycles. The van der Waals surface area contributed by atoms with Gasteiger partial charge in [-0.3, -0.25) is 19.8 Å². The minimum absolute atomic E-state index is 0.0410. The van der Waals surface area contributed by atoms with Gasteiger partial charge in [0.2, 0.25) is 11.8 Å². The fraction of sp³-hybridized carbons (Fsp3) is 0.360. The highest BCUT2D eigenvalue weighted by Crippen LogP contribution is 2.40. The first-order valence-corrected chi connectivity index (χ1v) is 10.9. The smallest absolute Gasteiger partial charge is 0.306 e. The average Bonchev–Trinajstić information content (AvgIpc) is 3.53. The molecule has 8 heteroatoms. The molecule has 1 fully saturated rings. The summed E-state index contributed by atoms with van der Waals surface area (Å²) in [6.07, 6.45) is 1.25. The van der Waals surface area contributed by atoms with Crippen LogP contribution in [0.4, 0.5) is 11.4 Å². The lowest BCUT2D eigenvalue weighted by molar-refractivity contribution is -0.154. The van der Waals surface area contributed by atoms with Crippen molar-refractivity contribution in [1.82, 2.24) is 0 Å². The Hall–Kier alpha value is -3.68. The van der Waals surface area contributed by atoms with Crippen molar-refractivity contribution in [2.75, 3.05) is 10.6 Å². The third-order valence-corrected chi connectivity index (χ3v) is 5.16. The zero-order valence-corrected chi connectivity index (χ0v) is 19.1. The second-order valence-electron chi connectivity index (χ2n) is 9.21. The normalized spacial score (nSPS) is 17.1. The molecule has 5 N–H and O–H groups in total. The second-order valence-corrected chi connectivity index (χ2v) is 9.21. The molecule has 2 amide bonds. The molecule has 1 aliphatic carbocycles. The van der Waals surface area contributed by atoms with Crippen molar-refractivity contribution in [2.45, 2.75) is 45.6 Å². The number of nitrogens with one attached hydrogen (secondary N) is 3. The first-order valence-electron chi connectivity index (χ1n) is 10.9. The summed E-state index contributed by atoms with van der Waals surface area (Å²) >= 11 is 0. The van der Waals surface area contributed by atoms with Gasteiger partial charge in [0.1, 0.15) is 11.4 Å². The lowest BCUT2D eigenvalue weighted by Gasteiger charge is -2.19. The van der Waals surface area contributed by atoms with Crippen LogP contribution in [0.1, 0.15) is 44.7 Å². The molecule has 2 aromatic carbocycles. The highest BCUT2D eigenvalue weighted by Gasteiger charge is 2.48. The zero-order valence-electron chi connectivity index (χ0n) is 19.1. The molecule has 174 valence electrons. The van der Waals surface area contributed by atoms with Crippen LogP contribution in [-0.4, -0.2) is 29.2 Å². The largest absolute Gasteiger partial charge is 0.460 e. The molecule has 0 radical (unpaired) electrons. The van der Waals surface area contributed by atoms with E-state index >= 15 is 0 Å². The number of aryl methyl sites for hydroxylation is 1. The summed E-state index contributed by atoms with van der Waals surface area (Å²) < 4.78 is 5.33. The molecule has 1 aliphatic rings. The molecule has 3 rings (SSSR count). The van der Waals surface area contributed by atoms with E-state index < -0.39 is 5.60 Å². The number of anilines is 2. The maximum Gasteiger partial charge on any atom is 0.306 e. The van der Waals surface area contributed by atoms with Crippen LogP contribution < -0.4 is 16.4 Å². The zero-order chi connectivity index (χ0) is 24.2. The van der Waals surface area contributed by atoms with Crippen LogP contribution in [0.25, 0.3) is 0 Å². The molecule has 0 aliphatic heterocycles. The first kappa shape index (κ1) is 24.0. The van der Waals surface area contributed by atoms with Crippen molar-refractivity contribution in [3.63, 3.8) is 0 Å². The number of esters is 1. The van der Waals surface area contributed by atoms with Gasteiger partial charge in [0.05, 0.1) is 11.8 Å². The van der Waals surface area contributed by atoms with Crippen LogP contribution in [0.2, 0.25) is 0 Å². The highest BCUT2D eigenvalue weighted by molar-refractivity contribution is 6.03. The lowest BCUT2D eigenvalue weighted by atomic mass is 10.1. The van der Waals surface area contributed by atoms with E-state index in [4.69, 9.17) is 15.9 Å². The van der Waals surface area contributed by atoms with Gasteiger partial charge >= 0.3 is 5.97 Å². The Bertz CT molecular complexity index is 1060. The van der Waals surface area contributed by atoms with E-state index in [0.29, 0.717) is 29.8 Å².